The second-order valence-corrected chi connectivity index (χ2v) is 9.48. The fourth-order valence-corrected chi connectivity index (χ4v) is 4.18. The van der Waals surface area contributed by atoms with Gasteiger partial charge in [-0.3, -0.25) is 13.9 Å². The lowest BCUT2D eigenvalue weighted by molar-refractivity contribution is -0.139. The van der Waals surface area contributed by atoms with Crippen LogP contribution in [0.5, 0.6) is 5.75 Å². The van der Waals surface area contributed by atoms with E-state index in [0.717, 1.165) is 10.6 Å². The van der Waals surface area contributed by atoms with Gasteiger partial charge in [-0.15, -0.1) is 0 Å². The predicted octanol–water partition coefficient (Wildman–Crippen LogP) is 2.67. The highest BCUT2D eigenvalue weighted by Crippen LogP contribution is 2.23. The summed E-state index contributed by atoms with van der Waals surface area (Å²) in [5.41, 5.74) is 1.04. The number of carbonyl (C=O) groups is 2. The Morgan fingerprint density at radius 1 is 1.16 bits per heavy atom. The van der Waals surface area contributed by atoms with Crippen LogP contribution >= 0.6 is 11.6 Å². The topological polar surface area (TPSA) is 96.0 Å². The molecule has 2 amide bonds. The number of amides is 2. The second-order valence-electron chi connectivity index (χ2n) is 7.14. The molecule has 0 saturated heterocycles. The molecule has 0 aromatic heterocycles. The van der Waals surface area contributed by atoms with Gasteiger partial charge in [0.2, 0.25) is 21.8 Å². The van der Waals surface area contributed by atoms with Crippen molar-refractivity contribution in [3.63, 3.8) is 0 Å². The molecule has 1 atom stereocenters. The minimum atomic E-state index is -3.78. The Hall–Kier alpha value is -2.78. The van der Waals surface area contributed by atoms with E-state index in [0.29, 0.717) is 28.6 Å². The Kier molecular flexibility index (Phi) is 8.91. The Balaban J connectivity index is 2.35. The molecule has 0 fully saturated rings. The maximum atomic E-state index is 13.3. The standard InChI is InChI=1S/C22H28ClN3O5S/c1-5-31-20-11-9-19(10-12-20)26(32(4,29)30)15-21(27)25(16(2)22(28)24-3)14-17-7-6-8-18(23)13-17/h6-13,16H,5,14-15H2,1-4H3,(H,24,28)/t16-/m0/s1. The predicted molar refractivity (Wildman–Crippen MR) is 125 cm³/mol. The Morgan fingerprint density at radius 3 is 2.34 bits per heavy atom. The van der Waals surface area contributed by atoms with Crippen LogP contribution < -0.4 is 14.4 Å². The normalized spacial score (nSPS) is 12.0. The van der Waals surface area contributed by atoms with Crippen LogP contribution in [0.4, 0.5) is 5.69 Å². The van der Waals surface area contributed by atoms with Crippen molar-refractivity contribution >= 4 is 39.1 Å². The lowest BCUT2D eigenvalue weighted by Gasteiger charge is -2.31. The summed E-state index contributed by atoms with van der Waals surface area (Å²) < 4.78 is 31.4. The zero-order chi connectivity index (χ0) is 23.9. The maximum Gasteiger partial charge on any atom is 0.244 e. The van der Waals surface area contributed by atoms with Crippen molar-refractivity contribution in [2.45, 2.75) is 26.4 Å². The number of likely N-dealkylation sites (N-methyl/N-ethyl adjacent to an activating group) is 1. The summed E-state index contributed by atoms with van der Waals surface area (Å²) in [4.78, 5) is 26.9. The largest absolute Gasteiger partial charge is 0.494 e. The molecule has 0 saturated carbocycles. The highest BCUT2D eigenvalue weighted by atomic mass is 35.5. The summed E-state index contributed by atoms with van der Waals surface area (Å²) in [6.07, 6.45) is 1.03. The number of ether oxygens (including phenoxy) is 1. The van der Waals surface area contributed by atoms with Crippen LogP contribution in [0.2, 0.25) is 5.02 Å². The van der Waals surface area contributed by atoms with E-state index >= 15 is 0 Å². The third kappa shape index (κ3) is 6.86. The quantitative estimate of drug-likeness (QED) is 0.562. The van der Waals surface area contributed by atoms with Gasteiger partial charge in [0.15, 0.2) is 0 Å². The molecule has 0 aliphatic carbocycles. The first-order chi connectivity index (χ1) is 15.1. The minimum absolute atomic E-state index is 0.0921. The van der Waals surface area contributed by atoms with Crippen LogP contribution in [0, 0.1) is 0 Å². The van der Waals surface area contributed by atoms with Crippen LogP contribution in [0.3, 0.4) is 0 Å². The lowest BCUT2D eigenvalue weighted by Crippen LogP contribution is -2.50. The number of hydrogen-bond donors (Lipinski definition) is 1. The van der Waals surface area contributed by atoms with Crippen LogP contribution in [-0.2, 0) is 26.2 Å². The molecule has 2 aromatic rings. The molecule has 8 nitrogen and oxygen atoms in total. The first kappa shape index (κ1) is 25.5. The average molecular weight is 482 g/mol. The van der Waals surface area contributed by atoms with Gasteiger partial charge in [-0.1, -0.05) is 23.7 Å². The van der Waals surface area contributed by atoms with E-state index < -0.39 is 28.5 Å². The van der Waals surface area contributed by atoms with E-state index in [9.17, 15) is 18.0 Å². The van der Waals surface area contributed by atoms with Crippen LogP contribution in [0.1, 0.15) is 19.4 Å². The molecule has 0 bridgehead atoms. The molecule has 0 unspecified atom stereocenters. The molecular formula is C22H28ClN3O5S. The van der Waals surface area contributed by atoms with Gasteiger partial charge >= 0.3 is 0 Å². The van der Waals surface area contributed by atoms with Gasteiger partial charge in [-0.05, 0) is 55.8 Å². The number of nitrogens with one attached hydrogen (secondary N) is 1. The molecule has 2 rings (SSSR count). The summed E-state index contributed by atoms with van der Waals surface area (Å²) in [7, 11) is -2.30. The number of anilines is 1. The number of benzene rings is 2. The van der Waals surface area contributed by atoms with Crippen molar-refractivity contribution in [2.75, 3.05) is 30.8 Å². The number of halogens is 1. The van der Waals surface area contributed by atoms with Crippen molar-refractivity contribution in [2.24, 2.45) is 0 Å². The van der Waals surface area contributed by atoms with E-state index in [1.54, 1.807) is 55.5 Å². The molecule has 0 aliphatic heterocycles. The van der Waals surface area contributed by atoms with Crippen molar-refractivity contribution in [3.8, 4) is 5.75 Å². The summed E-state index contributed by atoms with van der Waals surface area (Å²) in [6.45, 7) is 3.54. The molecule has 0 aliphatic rings. The molecule has 174 valence electrons. The molecule has 2 aromatic carbocycles. The highest BCUT2D eigenvalue weighted by Gasteiger charge is 2.29. The van der Waals surface area contributed by atoms with Gasteiger partial charge in [0, 0.05) is 18.6 Å². The van der Waals surface area contributed by atoms with E-state index in [4.69, 9.17) is 16.3 Å². The summed E-state index contributed by atoms with van der Waals surface area (Å²) >= 11 is 6.06. The van der Waals surface area contributed by atoms with Crippen molar-refractivity contribution in [3.05, 3.63) is 59.1 Å². The smallest absolute Gasteiger partial charge is 0.244 e. The molecule has 32 heavy (non-hydrogen) atoms. The summed E-state index contributed by atoms with van der Waals surface area (Å²) in [6, 6.07) is 12.5. The number of sulfonamides is 1. The maximum absolute atomic E-state index is 13.3. The molecule has 0 radical (unpaired) electrons. The SMILES string of the molecule is CCOc1ccc(N(CC(=O)N(Cc2cccc(Cl)c2)[C@@H](C)C(=O)NC)S(C)(=O)=O)cc1. The molecular weight excluding hydrogens is 454 g/mol. The average Bonchev–Trinajstić information content (AvgIpc) is 2.75. The molecule has 1 N–H and O–H groups in total. The van der Waals surface area contributed by atoms with Gasteiger partial charge in [0.25, 0.3) is 0 Å². The minimum Gasteiger partial charge on any atom is -0.494 e. The van der Waals surface area contributed by atoms with Crippen LogP contribution in [0.25, 0.3) is 0 Å². The van der Waals surface area contributed by atoms with Gasteiger partial charge in [0.05, 0.1) is 18.6 Å². The molecule has 0 heterocycles. The van der Waals surface area contributed by atoms with E-state index in [-0.39, 0.29) is 12.5 Å². The summed E-state index contributed by atoms with van der Waals surface area (Å²) in [5.74, 6) is -0.306. The Bertz CT molecular complexity index is 1040. The first-order valence-electron chi connectivity index (χ1n) is 10.0. The van der Waals surface area contributed by atoms with Gasteiger partial charge in [-0.2, -0.15) is 0 Å². The number of nitrogens with zero attached hydrogens (tertiary/aromatic N) is 2. The monoisotopic (exact) mass is 481 g/mol. The van der Waals surface area contributed by atoms with Crippen molar-refractivity contribution < 1.29 is 22.7 Å². The van der Waals surface area contributed by atoms with Crippen molar-refractivity contribution in [1.29, 1.82) is 0 Å². The van der Waals surface area contributed by atoms with Crippen molar-refractivity contribution in [1.82, 2.24) is 10.2 Å². The number of rotatable bonds is 10. The highest BCUT2D eigenvalue weighted by molar-refractivity contribution is 7.92. The van der Waals surface area contributed by atoms with Crippen LogP contribution in [-0.4, -0.2) is 57.6 Å². The van der Waals surface area contributed by atoms with E-state index in [2.05, 4.69) is 5.32 Å². The first-order valence-corrected chi connectivity index (χ1v) is 12.3. The zero-order valence-corrected chi connectivity index (χ0v) is 20.1. The molecule has 10 heteroatoms. The lowest BCUT2D eigenvalue weighted by atomic mass is 10.1. The fraction of sp³-hybridized carbons (Fsp3) is 0.364. The third-order valence-electron chi connectivity index (χ3n) is 4.77. The summed E-state index contributed by atoms with van der Waals surface area (Å²) in [5, 5.41) is 3.02. The fourth-order valence-electron chi connectivity index (χ4n) is 3.11. The Labute approximate surface area is 194 Å². The Morgan fingerprint density at radius 2 is 1.81 bits per heavy atom. The van der Waals surface area contributed by atoms with Gasteiger partial charge in [-0.25, -0.2) is 8.42 Å². The molecule has 0 spiro atoms. The van der Waals surface area contributed by atoms with Gasteiger partial charge < -0.3 is 15.0 Å². The van der Waals surface area contributed by atoms with Crippen LogP contribution in [0.15, 0.2) is 48.5 Å². The van der Waals surface area contributed by atoms with Gasteiger partial charge in [0.1, 0.15) is 18.3 Å². The zero-order valence-electron chi connectivity index (χ0n) is 18.5. The third-order valence-corrected chi connectivity index (χ3v) is 6.15. The number of carbonyl (C=O) groups excluding carboxylic acids is 2. The van der Waals surface area contributed by atoms with E-state index in [1.165, 1.54) is 11.9 Å². The van der Waals surface area contributed by atoms with E-state index in [1.807, 2.05) is 6.92 Å². The number of hydrogen-bond acceptors (Lipinski definition) is 5. The second kappa shape index (κ2) is 11.2.